The molecule has 3 aromatic rings. The third-order valence-electron chi connectivity index (χ3n) is 2.44. The van der Waals surface area contributed by atoms with Gasteiger partial charge in [0.15, 0.2) is 9.79 Å². The second-order valence-corrected chi connectivity index (χ2v) is 5.90. The zero-order valence-electron chi connectivity index (χ0n) is 13.4. The van der Waals surface area contributed by atoms with Gasteiger partial charge in [0.05, 0.1) is 0 Å². The molecule has 114 valence electrons. The maximum atomic E-state index is 2.15. The zero-order chi connectivity index (χ0) is 15.9. The van der Waals surface area contributed by atoms with Gasteiger partial charge in [0, 0.05) is 11.8 Å². The molecular weight excluding hydrogens is 284 g/mol. The number of hydrogen-bond donors (Lipinski definition) is 0. The van der Waals surface area contributed by atoms with Crippen LogP contribution in [-0.2, 0) is 11.8 Å². The minimum atomic E-state index is 1.25. The van der Waals surface area contributed by atoms with Crippen molar-refractivity contribution < 1.29 is 0 Å². The van der Waals surface area contributed by atoms with Gasteiger partial charge in [-0.05, 0) is 24.3 Å². The lowest BCUT2D eigenvalue weighted by Crippen LogP contribution is -1.82. The van der Waals surface area contributed by atoms with E-state index >= 15 is 0 Å². The molecule has 0 aliphatic carbocycles. The van der Waals surface area contributed by atoms with Gasteiger partial charge in [-0.3, -0.25) is 0 Å². The van der Waals surface area contributed by atoms with E-state index in [0.717, 1.165) is 0 Å². The molecule has 0 N–H and O–H groups in total. The van der Waals surface area contributed by atoms with Crippen LogP contribution in [-0.4, -0.2) is 0 Å². The number of rotatable bonds is 2. The van der Waals surface area contributed by atoms with Crippen LogP contribution in [0.15, 0.2) is 107 Å². The van der Waals surface area contributed by atoms with Crippen molar-refractivity contribution in [2.24, 2.45) is 0 Å². The molecule has 0 bridgehead atoms. The summed E-state index contributed by atoms with van der Waals surface area (Å²) in [5.41, 5.74) is 0. The molecule has 0 aromatic heterocycles. The van der Waals surface area contributed by atoms with Gasteiger partial charge >= 0.3 is 0 Å². The third-order valence-corrected chi connectivity index (χ3v) is 3.55. The Bertz CT molecular complexity index is 497. The van der Waals surface area contributed by atoms with Crippen LogP contribution in [0.1, 0.15) is 20.3 Å². The van der Waals surface area contributed by atoms with Crippen molar-refractivity contribution in [2.45, 2.75) is 30.1 Å². The maximum Gasteiger partial charge on any atom is 0.158 e. The summed E-state index contributed by atoms with van der Waals surface area (Å²) in [4.78, 5) is 2.68. The summed E-state index contributed by atoms with van der Waals surface area (Å²) in [6, 6.07) is 33.0. The molecule has 22 heavy (non-hydrogen) atoms. The van der Waals surface area contributed by atoms with Gasteiger partial charge in [-0.25, -0.2) is 0 Å². The Balaban J connectivity index is 0.000000224. The Morgan fingerprint density at radius 3 is 1.00 bits per heavy atom. The maximum absolute atomic E-state index is 2.15. The summed E-state index contributed by atoms with van der Waals surface area (Å²) >= 11 is 1.28. The average Bonchev–Trinajstić information content (AvgIpc) is 2.60. The van der Waals surface area contributed by atoms with Crippen LogP contribution in [0.5, 0.6) is 0 Å². The smallest absolute Gasteiger partial charge is 0.0656 e. The highest BCUT2D eigenvalue weighted by atomic mass is 32.2. The minimum Gasteiger partial charge on any atom is -0.0656 e. The van der Waals surface area contributed by atoms with Crippen molar-refractivity contribution in [3.63, 3.8) is 0 Å². The van der Waals surface area contributed by atoms with E-state index < -0.39 is 0 Å². The molecule has 0 atom stereocenters. The minimum absolute atomic E-state index is 1.25. The van der Waals surface area contributed by atoms with Crippen LogP contribution in [0.25, 0.3) is 0 Å². The van der Waals surface area contributed by atoms with Gasteiger partial charge in [0.2, 0.25) is 0 Å². The molecule has 0 fully saturated rings. The Labute approximate surface area is 139 Å². The Kier molecular flexibility index (Phi) is 10.4. The number of thiol groups is 1. The molecule has 0 saturated heterocycles. The summed E-state index contributed by atoms with van der Waals surface area (Å²) in [6.07, 6.45) is 1.25. The highest BCUT2D eigenvalue weighted by molar-refractivity contribution is 7.78. The van der Waals surface area contributed by atoms with Crippen LogP contribution >= 0.6 is 0 Å². The van der Waals surface area contributed by atoms with Crippen molar-refractivity contribution in [2.75, 3.05) is 0 Å². The Hall–Kier alpha value is -1.99. The van der Waals surface area contributed by atoms with Crippen LogP contribution < -0.4 is 0 Å². The van der Waals surface area contributed by atoms with Crippen LogP contribution in [0.4, 0.5) is 0 Å². The van der Waals surface area contributed by atoms with E-state index in [9.17, 15) is 0 Å². The first kappa shape index (κ1) is 18.1. The fraction of sp³-hybridized carbons (Fsp3) is 0.143. The first-order valence-corrected chi connectivity index (χ1v) is 8.58. The molecule has 0 aliphatic heterocycles. The van der Waals surface area contributed by atoms with Crippen molar-refractivity contribution in [1.82, 2.24) is 0 Å². The number of hydrogen-bond acceptors (Lipinski definition) is 0. The molecule has 0 radical (unpaired) electrons. The predicted octanol–water partition coefficient (Wildman–Crippen LogP) is 6.02. The van der Waals surface area contributed by atoms with E-state index in [1.807, 2.05) is 48.5 Å². The summed E-state index contributed by atoms with van der Waals surface area (Å²) in [7, 11) is 0. The molecule has 0 nitrogen and oxygen atoms in total. The molecule has 3 rings (SSSR count). The highest BCUT2D eigenvalue weighted by Gasteiger charge is 2.03. The highest BCUT2D eigenvalue weighted by Crippen LogP contribution is 2.10. The number of benzene rings is 3. The molecule has 0 unspecified atom stereocenters. The van der Waals surface area contributed by atoms with E-state index in [-0.39, 0.29) is 0 Å². The third kappa shape index (κ3) is 9.04. The lowest BCUT2D eigenvalue weighted by atomic mass is 10.4. The van der Waals surface area contributed by atoms with Crippen LogP contribution in [0.3, 0.4) is 0 Å². The topological polar surface area (TPSA) is 0 Å². The molecule has 0 heterocycles. The van der Waals surface area contributed by atoms with Crippen molar-refractivity contribution in [3.05, 3.63) is 97.1 Å². The monoisotopic (exact) mass is 309 g/mol. The van der Waals surface area contributed by atoms with Crippen molar-refractivity contribution in [3.8, 4) is 0 Å². The van der Waals surface area contributed by atoms with E-state index in [0.29, 0.717) is 0 Å². The van der Waals surface area contributed by atoms with Gasteiger partial charge in [0.1, 0.15) is 0 Å². The van der Waals surface area contributed by atoms with E-state index in [1.165, 1.54) is 28.0 Å². The Morgan fingerprint density at radius 1 is 0.500 bits per heavy atom. The molecule has 1 heteroatoms. The second kappa shape index (κ2) is 12.7. The molecular formula is C21H25S+. The molecule has 0 aliphatic rings. The average molecular weight is 309 g/mol. The van der Waals surface area contributed by atoms with Gasteiger partial charge in [-0.15, -0.1) is 0 Å². The summed E-state index contributed by atoms with van der Waals surface area (Å²) in [6.45, 7) is 4.25. The molecule has 0 amide bonds. The normalized spacial score (nSPS) is 8.82. The molecule has 3 aromatic carbocycles. The summed E-state index contributed by atoms with van der Waals surface area (Å²) in [5.74, 6) is 0. The van der Waals surface area contributed by atoms with Gasteiger partial charge in [0.25, 0.3) is 0 Å². The standard InChI is InChI=1S/C12H10S.C6H6.C3H8/c1-3-7-11(8-4-1)13-12-9-5-2-6-10-12;1-2-4-6-5-3-1;1-3-2/h1-10H;1-6H;3H2,1-2H3/p+1. The van der Waals surface area contributed by atoms with E-state index in [4.69, 9.17) is 0 Å². The van der Waals surface area contributed by atoms with Gasteiger partial charge < -0.3 is 0 Å². The quantitative estimate of drug-likeness (QED) is 0.401. The largest absolute Gasteiger partial charge is 0.158 e. The summed E-state index contributed by atoms with van der Waals surface area (Å²) < 4.78 is 0. The SMILES string of the molecule is CCC.c1ccc([SH+]c2ccccc2)cc1.c1ccccc1. The van der Waals surface area contributed by atoms with E-state index in [2.05, 4.69) is 62.4 Å². The molecule has 0 spiro atoms. The first-order valence-electron chi connectivity index (χ1n) is 7.68. The van der Waals surface area contributed by atoms with Crippen LogP contribution in [0, 0.1) is 0 Å². The fourth-order valence-corrected chi connectivity index (χ4v) is 2.48. The van der Waals surface area contributed by atoms with Crippen LogP contribution in [0.2, 0.25) is 0 Å². The summed E-state index contributed by atoms with van der Waals surface area (Å²) in [5, 5.41) is 0. The lowest BCUT2D eigenvalue weighted by molar-refractivity contribution is 1.09. The predicted molar refractivity (Wildman–Crippen MR) is 101 cm³/mol. The van der Waals surface area contributed by atoms with Crippen molar-refractivity contribution >= 4 is 11.8 Å². The van der Waals surface area contributed by atoms with Gasteiger partial charge in [-0.1, -0.05) is 93.1 Å². The Morgan fingerprint density at radius 2 is 0.727 bits per heavy atom. The van der Waals surface area contributed by atoms with E-state index in [1.54, 1.807) is 0 Å². The zero-order valence-corrected chi connectivity index (χ0v) is 14.3. The lowest BCUT2D eigenvalue weighted by Gasteiger charge is -1.90. The fourth-order valence-electron chi connectivity index (χ4n) is 1.54. The second-order valence-electron chi connectivity index (χ2n) is 4.64. The molecule has 0 saturated carbocycles. The van der Waals surface area contributed by atoms with Gasteiger partial charge in [-0.2, -0.15) is 0 Å². The van der Waals surface area contributed by atoms with Crippen molar-refractivity contribution in [1.29, 1.82) is 0 Å². The first-order chi connectivity index (χ1) is 10.9.